The molecule has 0 N–H and O–H groups in total. The van der Waals surface area contributed by atoms with Crippen molar-refractivity contribution in [3.63, 3.8) is 0 Å². The normalized spacial score (nSPS) is 23.0. The minimum Gasteiger partial charge on any atom is -0.385 e. The number of morpholine rings is 1. The van der Waals surface area contributed by atoms with Gasteiger partial charge in [-0.3, -0.25) is 18.9 Å². The molecular weight excluding hydrogens is 448 g/mol. The molecule has 0 spiro atoms. The molecule has 2 aromatic heterocycles. The summed E-state index contributed by atoms with van der Waals surface area (Å²) in [5, 5.41) is 0. The Morgan fingerprint density at radius 3 is 2.75 bits per heavy atom. The van der Waals surface area contributed by atoms with Gasteiger partial charge < -0.3 is 14.4 Å². The van der Waals surface area contributed by atoms with E-state index in [2.05, 4.69) is 4.90 Å². The van der Waals surface area contributed by atoms with Crippen molar-refractivity contribution in [1.29, 1.82) is 0 Å². The molecule has 2 aliphatic rings. The molecule has 1 amide bonds. The number of nitrogens with zero attached hydrogens (tertiary/aromatic N) is 4. The topological polar surface area (TPSA) is 76.4 Å². The van der Waals surface area contributed by atoms with Gasteiger partial charge >= 0.3 is 0 Å². The first-order chi connectivity index (χ1) is 15.4. The summed E-state index contributed by atoms with van der Waals surface area (Å²) in [6.45, 7) is 6.25. The van der Waals surface area contributed by atoms with Gasteiger partial charge in [0.05, 0.1) is 22.7 Å². The summed E-state index contributed by atoms with van der Waals surface area (Å²) in [5.74, 6) is 0.371. The van der Waals surface area contributed by atoms with Crippen LogP contribution in [-0.2, 0) is 14.3 Å². The highest BCUT2D eigenvalue weighted by atomic mass is 32.2. The number of carbonyl (C=O) groups excluding carboxylic acids is 1. The van der Waals surface area contributed by atoms with Crippen LogP contribution in [0.15, 0.2) is 34.1 Å². The minimum atomic E-state index is -0.220. The first-order valence-corrected chi connectivity index (χ1v) is 11.8. The van der Waals surface area contributed by atoms with Crippen molar-refractivity contribution in [2.75, 3.05) is 38.3 Å². The summed E-state index contributed by atoms with van der Waals surface area (Å²) in [6.07, 6.45) is 4.02. The van der Waals surface area contributed by atoms with Crippen LogP contribution in [0.1, 0.15) is 25.8 Å². The number of thioether (sulfide) groups is 1. The van der Waals surface area contributed by atoms with Crippen LogP contribution in [0.4, 0.5) is 5.82 Å². The first-order valence-electron chi connectivity index (χ1n) is 10.5. The van der Waals surface area contributed by atoms with E-state index in [1.165, 1.54) is 16.2 Å². The molecule has 2 saturated heterocycles. The van der Waals surface area contributed by atoms with Crippen LogP contribution in [0.5, 0.6) is 0 Å². The van der Waals surface area contributed by atoms with Crippen LogP contribution in [0.3, 0.4) is 0 Å². The lowest BCUT2D eigenvalue weighted by atomic mass is 10.2. The van der Waals surface area contributed by atoms with Gasteiger partial charge in [0.15, 0.2) is 0 Å². The van der Waals surface area contributed by atoms with Crippen LogP contribution in [0.2, 0.25) is 0 Å². The predicted octanol–water partition coefficient (Wildman–Crippen LogP) is 2.55. The Labute approximate surface area is 196 Å². The number of thiocarbonyl (C=S) groups is 1. The van der Waals surface area contributed by atoms with Crippen LogP contribution in [-0.4, -0.2) is 70.1 Å². The SMILES string of the molecule is COCCCN1C(=O)/C(=C\c2c(N3C[C@H](C)O[C@@H](C)C3)nc3ccccn3c2=O)SC1=S. The zero-order valence-electron chi connectivity index (χ0n) is 18.3. The number of hydrogen-bond donors (Lipinski definition) is 0. The monoisotopic (exact) mass is 474 g/mol. The summed E-state index contributed by atoms with van der Waals surface area (Å²) in [7, 11) is 1.62. The standard InChI is InChI=1S/C22H26N4O4S2/c1-14-12-24(13-15(2)30-14)19-16(20(27)25-8-5-4-7-18(25)23-19)11-17-21(28)26(22(31)32-17)9-6-10-29-3/h4-5,7-8,11,14-15H,6,9-10,12-13H2,1-3H3/b17-11+/t14-,15-/m0/s1. The Kier molecular flexibility index (Phi) is 6.94. The molecule has 2 fully saturated rings. The van der Waals surface area contributed by atoms with Crippen molar-refractivity contribution < 1.29 is 14.3 Å². The van der Waals surface area contributed by atoms with E-state index in [1.54, 1.807) is 36.4 Å². The van der Waals surface area contributed by atoms with Crippen molar-refractivity contribution >= 4 is 51.7 Å². The third kappa shape index (κ3) is 4.59. The van der Waals surface area contributed by atoms with E-state index in [4.69, 9.17) is 26.7 Å². The van der Waals surface area contributed by atoms with Gasteiger partial charge in [0, 0.05) is 39.5 Å². The maximum absolute atomic E-state index is 13.5. The molecule has 0 bridgehead atoms. The fraction of sp³-hybridized carbons (Fsp3) is 0.455. The molecule has 2 aliphatic heterocycles. The molecule has 32 heavy (non-hydrogen) atoms. The second-order valence-electron chi connectivity index (χ2n) is 7.93. The molecule has 170 valence electrons. The zero-order valence-corrected chi connectivity index (χ0v) is 19.9. The number of pyridine rings is 1. The average Bonchev–Trinajstić information content (AvgIpc) is 3.02. The molecule has 0 radical (unpaired) electrons. The van der Waals surface area contributed by atoms with E-state index in [-0.39, 0.29) is 23.7 Å². The smallest absolute Gasteiger partial charge is 0.267 e. The van der Waals surface area contributed by atoms with Crippen molar-refractivity contribution in [1.82, 2.24) is 14.3 Å². The molecule has 2 aromatic rings. The van der Waals surface area contributed by atoms with Crippen LogP contribution in [0.25, 0.3) is 11.7 Å². The largest absolute Gasteiger partial charge is 0.385 e. The van der Waals surface area contributed by atoms with Crippen molar-refractivity contribution in [3.8, 4) is 0 Å². The summed E-state index contributed by atoms with van der Waals surface area (Å²) in [6, 6.07) is 5.44. The number of aromatic nitrogens is 2. The summed E-state index contributed by atoms with van der Waals surface area (Å²) in [5.41, 5.74) is 0.720. The Hall–Kier alpha value is -2.27. The summed E-state index contributed by atoms with van der Waals surface area (Å²) >= 11 is 6.63. The molecule has 8 nitrogen and oxygen atoms in total. The van der Waals surface area contributed by atoms with Gasteiger partial charge in [-0.2, -0.15) is 0 Å². The van der Waals surface area contributed by atoms with Gasteiger partial charge in [-0.1, -0.05) is 30.0 Å². The van der Waals surface area contributed by atoms with Gasteiger partial charge in [0.2, 0.25) is 0 Å². The van der Waals surface area contributed by atoms with Crippen LogP contribution < -0.4 is 10.5 Å². The number of carbonyl (C=O) groups is 1. The fourth-order valence-corrected chi connectivity index (χ4v) is 5.29. The van der Waals surface area contributed by atoms with E-state index in [0.717, 1.165) is 0 Å². The maximum Gasteiger partial charge on any atom is 0.267 e. The van der Waals surface area contributed by atoms with E-state index >= 15 is 0 Å². The summed E-state index contributed by atoms with van der Waals surface area (Å²) in [4.78, 5) is 35.3. The first kappa shape index (κ1) is 22.9. The number of ether oxygens (including phenoxy) is 2. The van der Waals surface area contributed by atoms with E-state index in [0.29, 0.717) is 58.9 Å². The maximum atomic E-state index is 13.5. The molecule has 0 aromatic carbocycles. The molecule has 4 rings (SSSR count). The predicted molar refractivity (Wildman–Crippen MR) is 130 cm³/mol. The lowest BCUT2D eigenvalue weighted by Gasteiger charge is -2.36. The third-order valence-corrected chi connectivity index (χ3v) is 6.73. The van der Waals surface area contributed by atoms with E-state index in [1.807, 2.05) is 19.9 Å². The second kappa shape index (κ2) is 9.70. The highest BCUT2D eigenvalue weighted by Crippen LogP contribution is 2.34. The van der Waals surface area contributed by atoms with Gasteiger partial charge in [0.25, 0.3) is 11.5 Å². The van der Waals surface area contributed by atoms with Crippen LogP contribution >= 0.6 is 24.0 Å². The zero-order chi connectivity index (χ0) is 22.8. The van der Waals surface area contributed by atoms with E-state index < -0.39 is 0 Å². The number of hydrogen-bond acceptors (Lipinski definition) is 8. The van der Waals surface area contributed by atoms with Gasteiger partial charge in [-0.15, -0.1) is 0 Å². The highest BCUT2D eigenvalue weighted by Gasteiger charge is 2.33. The van der Waals surface area contributed by atoms with Gasteiger partial charge in [0.1, 0.15) is 15.8 Å². The van der Waals surface area contributed by atoms with Crippen molar-refractivity contribution in [3.05, 3.63) is 45.2 Å². The molecule has 0 aliphatic carbocycles. The van der Waals surface area contributed by atoms with Crippen molar-refractivity contribution in [2.24, 2.45) is 0 Å². The Balaban J connectivity index is 1.77. The fourth-order valence-electron chi connectivity index (χ4n) is 4.00. The lowest BCUT2D eigenvalue weighted by Crippen LogP contribution is -2.46. The van der Waals surface area contributed by atoms with Gasteiger partial charge in [-0.05, 0) is 38.5 Å². The third-order valence-electron chi connectivity index (χ3n) is 5.35. The highest BCUT2D eigenvalue weighted by molar-refractivity contribution is 8.26. The minimum absolute atomic E-state index is 0.00150. The number of amides is 1. The van der Waals surface area contributed by atoms with Gasteiger partial charge in [-0.25, -0.2) is 4.98 Å². The number of anilines is 1. The molecule has 0 unspecified atom stereocenters. The Morgan fingerprint density at radius 1 is 1.28 bits per heavy atom. The van der Waals surface area contributed by atoms with E-state index in [9.17, 15) is 9.59 Å². The molecular formula is C22H26N4O4S2. The molecule has 2 atom stereocenters. The molecule has 4 heterocycles. The average molecular weight is 475 g/mol. The Morgan fingerprint density at radius 2 is 2.03 bits per heavy atom. The molecule has 10 heteroatoms. The Bertz CT molecular complexity index is 1120. The molecule has 0 saturated carbocycles. The number of rotatable bonds is 6. The lowest BCUT2D eigenvalue weighted by molar-refractivity contribution is -0.122. The second-order valence-corrected chi connectivity index (χ2v) is 9.60. The number of methoxy groups -OCH3 is 1. The summed E-state index contributed by atoms with van der Waals surface area (Å²) < 4.78 is 12.9. The van der Waals surface area contributed by atoms with Crippen LogP contribution in [0, 0.1) is 0 Å². The quantitative estimate of drug-likeness (QED) is 0.359. The van der Waals surface area contributed by atoms with Crippen molar-refractivity contribution in [2.45, 2.75) is 32.5 Å². The number of fused-ring (bicyclic) bond motifs is 1.